The van der Waals surface area contributed by atoms with Crippen LogP contribution in [0.3, 0.4) is 0 Å². The first-order valence-electron chi connectivity index (χ1n) is 9.01. The molecule has 5 heteroatoms. The minimum atomic E-state index is -0.507. The van der Waals surface area contributed by atoms with Gasteiger partial charge in [0.15, 0.2) is 0 Å². The third kappa shape index (κ3) is 5.04. The zero-order valence-corrected chi connectivity index (χ0v) is 16.0. The standard InChI is InChI=1S/C21H27NO4/c1-15(7-12-19-16(2)6-5-13-21(19,3)4)14-26-20(23)17-8-10-18(11-9-17)22(24)25/h8-11,14H,5-7,12-13H2,1-4H3/b15-14+. The molecule has 1 aromatic rings. The largest absolute Gasteiger partial charge is 0.431 e. The van der Waals surface area contributed by atoms with Crippen molar-refractivity contribution in [1.82, 2.24) is 0 Å². The summed E-state index contributed by atoms with van der Waals surface area (Å²) in [5.74, 6) is -0.507. The average Bonchev–Trinajstić information content (AvgIpc) is 2.58. The van der Waals surface area contributed by atoms with Crippen LogP contribution in [-0.2, 0) is 4.74 Å². The Bertz CT molecular complexity index is 742. The second kappa shape index (κ2) is 8.30. The molecule has 1 aliphatic rings. The number of nitro groups is 1. The molecule has 0 atom stereocenters. The van der Waals surface area contributed by atoms with E-state index in [0.717, 1.165) is 18.4 Å². The van der Waals surface area contributed by atoms with E-state index in [1.165, 1.54) is 60.9 Å². The van der Waals surface area contributed by atoms with Crippen molar-refractivity contribution in [3.05, 3.63) is 62.9 Å². The van der Waals surface area contributed by atoms with Gasteiger partial charge in [-0.1, -0.05) is 25.0 Å². The van der Waals surface area contributed by atoms with E-state index in [1.54, 1.807) is 0 Å². The van der Waals surface area contributed by atoms with Crippen molar-refractivity contribution in [2.24, 2.45) is 5.41 Å². The molecule has 5 nitrogen and oxygen atoms in total. The lowest BCUT2D eigenvalue weighted by Gasteiger charge is -2.34. The van der Waals surface area contributed by atoms with Gasteiger partial charge in [0.05, 0.1) is 16.7 Å². The van der Waals surface area contributed by atoms with Gasteiger partial charge in [0.2, 0.25) is 0 Å². The number of benzene rings is 1. The summed E-state index contributed by atoms with van der Waals surface area (Å²) in [7, 11) is 0. The van der Waals surface area contributed by atoms with Crippen molar-refractivity contribution in [3.8, 4) is 0 Å². The van der Waals surface area contributed by atoms with Gasteiger partial charge in [-0.15, -0.1) is 0 Å². The molecule has 0 saturated heterocycles. The first kappa shape index (κ1) is 19.9. The quantitative estimate of drug-likeness (QED) is 0.207. The molecule has 0 aromatic heterocycles. The third-order valence-corrected chi connectivity index (χ3v) is 5.14. The van der Waals surface area contributed by atoms with Crippen molar-refractivity contribution in [2.45, 2.75) is 59.8 Å². The monoisotopic (exact) mass is 357 g/mol. The Balaban J connectivity index is 1.93. The van der Waals surface area contributed by atoms with Crippen LogP contribution in [0, 0.1) is 15.5 Å². The highest BCUT2D eigenvalue weighted by Gasteiger charge is 2.27. The van der Waals surface area contributed by atoms with Gasteiger partial charge < -0.3 is 4.74 Å². The highest BCUT2D eigenvalue weighted by molar-refractivity contribution is 5.90. The lowest BCUT2D eigenvalue weighted by atomic mass is 9.71. The number of ether oxygens (including phenoxy) is 1. The summed E-state index contributed by atoms with van der Waals surface area (Å²) in [6.07, 6.45) is 6.98. The molecule has 0 bridgehead atoms. The highest BCUT2D eigenvalue weighted by Crippen LogP contribution is 2.42. The summed E-state index contributed by atoms with van der Waals surface area (Å²) < 4.78 is 5.22. The molecule has 0 radical (unpaired) electrons. The van der Waals surface area contributed by atoms with Crippen molar-refractivity contribution >= 4 is 11.7 Å². The summed E-state index contributed by atoms with van der Waals surface area (Å²) in [6.45, 7) is 8.79. The average molecular weight is 357 g/mol. The Hall–Kier alpha value is -2.43. The minimum absolute atomic E-state index is 0.0491. The smallest absolute Gasteiger partial charge is 0.342 e. The predicted molar refractivity (Wildman–Crippen MR) is 102 cm³/mol. The number of allylic oxidation sites excluding steroid dienone is 3. The van der Waals surface area contributed by atoms with Crippen LogP contribution in [0.4, 0.5) is 5.69 Å². The number of carbonyl (C=O) groups excluding carboxylic acids is 1. The fraction of sp³-hybridized carbons (Fsp3) is 0.476. The van der Waals surface area contributed by atoms with Crippen molar-refractivity contribution < 1.29 is 14.5 Å². The Kier molecular flexibility index (Phi) is 6.35. The minimum Gasteiger partial charge on any atom is -0.431 e. The topological polar surface area (TPSA) is 69.4 Å². The second-order valence-electron chi connectivity index (χ2n) is 7.67. The number of rotatable bonds is 6. The number of nitrogens with zero attached hydrogens (tertiary/aromatic N) is 1. The first-order chi connectivity index (χ1) is 12.2. The van der Waals surface area contributed by atoms with E-state index in [0.29, 0.717) is 5.56 Å². The molecule has 2 rings (SSSR count). The van der Waals surface area contributed by atoms with Gasteiger partial charge in [-0.05, 0) is 69.1 Å². The van der Waals surface area contributed by atoms with Gasteiger partial charge in [0, 0.05) is 12.1 Å². The van der Waals surface area contributed by atoms with Crippen LogP contribution >= 0.6 is 0 Å². The maximum absolute atomic E-state index is 12.0. The summed E-state index contributed by atoms with van der Waals surface area (Å²) in [4.78, 5) is 22.2. The normalized spacial score (nSPS) is 17.2. The summed E-state index contributed by atoms with van der Waals surface area (Å²) in [6, 6.07) is 5.41. The summed E-state index contributed by atoms with van der Waals surface area (Å²) >= 11 is 0. The van der Waals surface area contributed by atoms with E-state index in [9.17, 15) is 14.9 Å². The first-order valence-corrected chi connectivity index (χ1v) is 9.01. The van der Waals surface area contributed by atoms with Crippen LogP contribution in [0.2, 0.25) is 0 Å². The van der Waals surface area contributed by atoms with Gasteiger partial charge in [-0.25, -0.2) is 4.79 Å². The van der Waals surface area contributed by atoms with Gasteiger partial charge in [0.1, 0.15) is 0 Å². The third-order valence-electron chi connectivity index (χ3n) is 5.14. The van der Waals surface area contributed by atoms with Gasteiger partial charge in [-0.2, -0.15) is 0 Å². The van der Waals surface area contributed by atoms with E-state index in [4.69, 9.17) is 4.74 Å². The van der Waals surface area contributed by atoms with Crippen LogP contribution < -0.4 is 0 Å². The number of non-ortho nitro benzene ring substituents is 1. The molecule has 0 amide bonds. The van der Waals surface area contributed by atoms with E-state index in [2.05, 4.69) is 20.8 Å². The summed E-state index contributed by atoms with van der Waals surface area (Å²) in [5, 5.41) is 10.6. The lowest BCUT2D eigenvalue weighted by Crippen LogP contribution is -2.20. The number of hydrogen-bond acceptors (Lipinski definition) is 4. The highest BCUT2D eigenvalue weighted by atomic mass is 16.6. The Labute approximate surface area is 154 Å². The van der Waals surface area contributed by atoms with Gasteiger partial charge in [0.25, 0.3) is 5.69 Å². The molecule has 0 heterocycles. The van der Waals surface area contributed by atoms with Gasteiger partial charge in [-0.3, -0.25) is 10.1 Å². The van der Waals surface area contributed by atoms with Crippen molar-refractivity contribution in [3.63, 3.8) is 0 Å². The molecule has 1 aromatic carbocycles. The van der Waals surface area contributed by atoms with E-state index < -0.39 is 10.9 Å². The summed E-state index contributed by atoms with van der Waals surface area (Å²) in [5.41, 5.74) is 4.52. The maximum Gasteiger partial charge on any atom is 0.342 e. The van der Waals surface area contributed by atoms with E-state index in [-0.39, 0.29) is 11.1 Å². The molecule has 1 aliphatic carbocycles. The molecule has 0 unspecified atom stereocenters. The zero-order valence-electron chi connectivity index (χ0n) is 16.0. The molecule has 140 valence electrons. The van der Waals surface area contributed by atoms with Crippen LogP contribution in [0.1, 0.15) is 70.2 Å². The molecule has 0 fully saturated rings. The molecule has 0 aliphatic heterocycles. The predicted octanol–water partition coefficient (Wildman–Crippen LogP) is 5.96. The zero-order chi connectivity index (χ0) is 19.3. The fourth-order valence-electron chi connectivity index (χ4n) is 3.55. The second-order valence-corrected chi connectivity index (χ2v) is 7.67. The van der Waals surface area contributed by atoms with E-state index in [1.807, 2.05) is 6.92 Å². The molecule has 0 N–H and O–H groups in total. The number of carbonyl (C=O) groups is 1. The number of hydrogen-bond donors (Lipinski definition) is 0. The van der Waals surface area contributed by atoms with Crippen LogP contribution in [0.15, 0.2) is 47.2 Å². The molecule has 0 saturated carbocycles. The van der Waals surface area contributed by atoms with Crippen LogP contribution in [0.25, 0.3) is 0 Å². The van der Waals surface area contributed by atoms with Gasteiger partial charge >= 0.3 is 5.97 Å². The lowest BCUT2D eigenvalue weighted by molar-refractivity contribution is -0.384. The number of esters is 1. The van der Waals surface area contributed by atoms with E-state index >= 15 is 0 Å². The fourth-order valence-corrected chi connectivity index (χ4v) is 3.55. The molecular formula is C21H27NO4. The Morgan fingerprint density at radius 3 is 2.54 bits per heavy atom. The van der Waals surface area contributed by atoms with Crippen LogP contribution in [0.5, 0.6) is 0 Å². The Morgan fingerprint density at radius 1 is 1.31 bits per heavy atom. The molecular weight excluding hydrogens is 330 g/mol. The molecule has 0 spiro atoms. The maximum atomic E-state index is 12.0. The SMILES string of the molecule is CC1=C(CC/C(C)=C/OC(=O)c2ccc([N+](=O)[O-])cc2)C(C)(C)CCC1. The van der Waals surface area contributed by atoms with Crippen molar-refractivity contribution in [1.29, 1.82) is 0 Å². The van der Waals surface area contributed by atoms with Crippen LogP contribution in [-0.4, -0.2) is 10.9 Å². The van der Waals surface area contributed by atoms with Crippen molar-refractivity contribution in [2.75, 3.05) is 0 Å². The Morgan fingerprint density at radius 2 is 1.96 bits per heavy atom. The number of nitro benzene ring substituents is 1. The molecule has 26 heavy (non-hydrogen) atoms.